The van der Waals surface area contributed by atoms with Gasteiger partial charge in [0.15, 0.2) is 0 Å². The lowest BCUT2D eigenvalue weighted by atomic mass is 10.4. The first-order valence-electron chi connectivity index (χ1n) is 2.96. The Bertz CT molecular complexity index is 189. The summed E-state index contributed by atoms with van der Waals surface area (Å²) in [4.78, 5) is 2.57. The standard InChI is InChI=1S/C8H9S2/c1-9-7-4-3-5-8(6-7)10-2/h4-6H,1-2H3. The van der Waals surface area contributed by atoms with E-state index in [1.54, 1.807) is 23.5 Å². The van der Waals surface area contributed by atoms with Gasteiger partial charge in [-0.1, -0.05) is 0 Å². The van der Waals surface area contributed by atoms with Crippen LogP contribution >= 0.6 is 23.5 Å². The first-order chi connectivity index (χ1) is 4.86. The molecule has 2 heteroatoms. The third-order valence-corrected chi connectivity index (χ3v) is 2.62. The zero-order valence-corrected chi connectivity index (χ0v) is 7.68. The van der Waals surface area contributed by atoms with Crippen molar-refractivity contribution in [1.82, 2.24) is 0 Å². The average molecular weight is 169 g/mol. The zero-order chi connectivity index (χ0) is 7.40. The largest absolute Gasteiger partial charge is 0.130 e. The summed E-state index contributed by atoms with van der Waals surface area (Å²) in [5.74, 6) is 0. The van der Waals surface area contributed by atoms with Gasteiger partial charge in [-0.25, -0.2) is 0 Å². The Labute approximate surface area is 70.4 Å². The summed E-state index contributed by atoms with van der Waals surface area (Å²) in [6.45, 7) is 0. The fraction of sp³-hybridized carbons (Fsp3) is 0.250. The number of benzene rings is 1. The van der Waals surface area contributed by atoms with Gasteiger partial charge in [0.25, 0.3) is 0 Å². The molecule has 0 amide bonds. The van der Waals surface area contributed by atoms with Crippen LogP contribution in [0.25, 0.3) is 0 Å². The smallest absolute Gasteiger partial charge is 0.00864 e. The number of hydrogen-bond acceptors (Lipinski definition) is 2. The second-order valence-corrected chi connectivity index (χ2v) is 3.57. The third-order valence-electron chi connectivity index (χ3n) is 1.21. The molecule has 0 bridgehead atoms. The molecule has 10 heavy (non-hydrogen) atoms. The predicted octanol–water partition coefficient (Wildman–Crippen LogP) is 2.93. The van der Waals surface area contributed by atoms with Crippen LogP contribution in [-0.4, -0.2) is 12.5 Å². The SMILES string of the molecule is CSc1c[c]cc(SC)c1. The summed E-state index contributed by atoms with van der Waals surface area (Å²) in [5, 5.41) is 0. The first kappa shape index (κ1) is 8.02. The van der Waals surface area contributed by atoms with Gasteiger partial charge in [-0.15, -0.1) is 23.5 Å². The lowest BCUT2D eigenvalue weighted by Crippen LogP contribution is -1.71. The van der Waals surface area contributed by atoms with Crippen LogP contribution in [0.3, 0.4) is 0 Å². The fourth-order valence-corrected chi connectivity index (χ4v) is 1.60. The summed E-state index contributed by atoms with van der Waals surface area (Å²) in [6, 6.07) is 9.27. The van der Waals surface area contributed by atoms with Crippen LogP contribution in [0.5, 0.6) is 0 Å². The maximum Gasteiger partial charge on any atom is 0.00864 e. The minimum Gasteiger partial charge on any atom is -0.130 e. The molecule has 0 saturated heterocycles. The molecular weight excluding hydrogens is 160 g/mol. The topological polar surface area (TPSA) is 0 Å². The summed E-state index contributed by atoms with van der Waals surface area (Å²) in [7, 11) is 0. The van der Waals surface area contributed by atoms with E-state index in [0.29, 0.717) is 0 Å². The molecule has 1 aromatic rings. The lowest BCUT2D eigenvalue weighted by Gasteiger charge is -1.97. The van der Waals surface area contributed by atoms with Crippen molar-refractivity contribution in [3.8, 4) is 0 Å². The first-order valence-corrected chi connectivity index (χ1v) is 5.41. The average Bonchev–Trinajstić information content (AvgIpc) is 2.05. The number of rotatable bonds is 2. The Morgan fingerprint density at radius 3 is 2.00 bits per heavy atom. The van der Waals surface area contributed by atoms with Crippen LogP contribution in [0.4, 0.5) is 0 Å². The highest BCUT2D eigenvalue weighted by molar-refractivity contribution is 7.99. The Kier molecular flexibility index (Phi) is 3.16. The van der Waals surface area contributed by atoms with E-state index < -0.39 is 0 Å². The van der Waals surface area contributed by atoms with Crippen LogP contribution in [-0.2, 0) is 0 Å². The predicted molar refractivity (Wildman–Crippen MR) is 48.8 cm³/mol. The Morgan fingerprint density at radius 1 is 1.10 bits per heavy atom. The number of hydrogen-bond donors (Lipinski definition) is 0. The van der Waals surface area contributed by atoms with E-state index in [2.05, 4.69) is 24.6 Å². The van der Waals surface area contributed by atoms with E-state index in [-0.39, 0.29) is 0 Å². The molecule has 0 nitrogen and oxygen atoms in total. The van der Waals surface area contributed by atoms with E-state index in [9.17, 15) is 0 Å². The van der Waals surface area contributed by atoms with Crippen molar-refractivity contribution in [3.63, 3.8) is 0 Å². The van der Waals surface area contributed by atoms with E-state index in [0.717, 1.165) is 0 Å². The molecule has 0 aliphatic rings. The molecule has 0 aliphatic carbocycles. The van der Waals surface area contributed by atoms with Gasteiger partial charge in [-0.2, -0.15) is 0 Å². The van der Waals surface area contributed by atoms with Crippen molar-refractivity contribution in [2.45, 2.75) is 9.79 Å². The molecule has 0 saturated carbocycles. The molecule has 1 rings (SSSR count). The molecule has 0 unspecified atom stereocenters. The van der Waals surface area contributed by atoms with E-state index >= 15 is 0 Å². The molecule has 1 radical (unpaired) electrons. The van der Waals surface area contributed by atoms with Crippen LogP contribution in [0.2, 0.25) is 0 Å². The van der Waals surface area contributed by atoms with Crippen molar-refractivity contribution in [2.75, 3.05) is 12.5 Å². The van der Waals surface area contributed by atoms with Crippen molar-refractivity contribution in [3.05, 3.63) is 24.3 Å². The Morgan fingerprint density at radius 2 is 1.60 bits per heavy atom. The second-order valence-electron chi connectivity index (χ2n) is 1.81. The molecule has 0 aromatic heterocycles. The molecule has 53 valence electrons. The summed E-state index contributed by atoms with van der Waals surface area (Å²) < 4.78 is 0. The van der Waals surface area contributed by atoms with E-state index in [1.807, 2.05) is 12.1 Å². The van der Waals surface area contributed by atoms with Gasteiger partial charge in [-0.05, 0) is 36.8 Å². The van der Waals surface area contributed by atoms with Gasteiger partial charge in [0.05, 0.1) is 0 Å². The van der Waals surface area contributed by atoms with Gasteiger partial charge >= 0.3 is 0 Å². The lowest BCUT2D eigenvalue weighted by molar-refractivity contribution is 1.33. The highest BCUT2D eigenvalue weighted by atomic mass is 32.2. The third kappa shape index (κ3) is 1.96. The minimum atomic E-state index is 1.28. The second kappa shape index (κ2) is 3.94. The molecule has 0 aliphatic heterocycles. The summed E-state index contributed by atoms with van der Waals surface area (Å²) >= 11 is 3.51. The molecule has 0 fully saturated rings. The van der Waals surface area contributed by atoms with Crippen molar-refractivity contribution >= 4 is 23.5 Å². The number of thioether (sulfide) groups is 2. The summed E-state index contributed by atoms with van der Waals surface area (Å²) in [5.41, 5.74) is 0. The van der Waals surface area contributed by atoms with Gasteiger partial charge in [0.2, 0.25) is 0 Å². The van der Waals surface area contributed by atoms with Gasteiger partial charge < -0.3 is 0 Å². The molecule has 0 spiro atoms. The van der Waals surface area contributed by atoms with E-state index in [4.69, 9.17) is 0 Å². The quantitative estimate of drug-likeness (QED) is 0.624. The molecule has 0 heterocycles. The Hall–Kier alpha value is -0.0800. The van der Waals surface area contributed by atoms with Crippen molar-refractivity contribution in [1.29, 1.82) is 0 Å². The highest BCUT2D eigenvalue weighted by Gasteiger charge is 1.90. The zero-order valence-electron chi connectivity index (χ0n) is 6.05. The fourth-order valence-electron chi connectivity index (χ4n) is 0.665. The molecule has 0 atom stereocenters. The minimum absolute atomic E-state index is 1.28. The van der Waals surface area contributed by atoms with Crippen molar-refractivity contribution < 1.29 is 0 Å². The van der Waals surface area contributed by atoms with Crippen LogP contribution < -0.4 is 0 Å². The molecular formula is C8H9S2. The maximum atomic E-state index is 3.09. The van der Waals surface area contributed by atoms with E-state index in [1.165, 1.54) is 9.79 Å². The van der Waals surface area contributed by atoms with Gasteiger partial charge in [-0.3, -0.25) is 0 Å². The molecule has 0 N–H and O–H groups in total. The van der Waals surface area contributed by atoms with Crippen LogP contribution in [0, 0.1) is 6.07 Å². The maximum absolute atomic E-state index is 3.09. The van der Waals surface area contributed by atoms with Gasteiger partial charge in [0, 0.05) is 9.79 Å². The molecule has 1 aromatic carbocycles. The normalized spacial score (nSPS) is 9.80. The van der Waals surface area contributed by atoms with Crippen LogP contribution in [0.15, 0.2) is 28.0 Å². The summed E-state index contributed by atoms with van der Waals surface area (Å²) in [6.07, 6.45) is 4.15. The highest BCUT2D eigenvalue weighted by Crippen LogP contribution is 2.20. The van der Waals surface area contributed by atoms with Crippen molar-refractivity contribution in [2.24, 2.45) is 0 Å². The monoisotopic (exact) mass is 169 g/mol. The van der Waals surface area contributed by atoms with Gasteiger partial charge in [0.1, 0.15) is 0 Å². The Balaban J connectivity index is 2.87. The van der Waals surface area contributed by atoms with Crippen LogP contribution in [0.1, 0.15) is 0 Å².